The molecule has 0 aliphatic carbocycles. The van der Waals surface area contributed by atoms with Crippen molar-refractivity contribution in [1.29, 1.82) is 0 Å². The molecule has 4 amide bonds. The molecule has 0 spiro atoms. The first kappa shape index (κ1) is 24.3. The van der Waals surface area contributed by atoms with Crippen LogP contribution >= 0.6 is 0 Å². The Balaban J connectivity index is 1.62. The van der Waals surface area contributed by atoms with Gasteiger partial charge < -0.3 is 20.2 Å². The molecular weight excluding hydrogens is 449 g/mol. The van der Waals surface area contributed by atoms with Crippen molar-refractivity contribution < 1.29 is 24.3 Å². The van der Waals surface area contributed by atoms with Gasteiger partial charge in [-0.1, -0.05) is 60.1 Å². The van der Waals surface area contributed by atoms with Crippen molar-refractivity contribution in [1.82, 2.24) is 25.1 Å². The molecule has 2 aliphatic heterocycles. The molecule has 2 fully saturated rings. The van der Waals surface area contributed by atoms with Gasteiger partial charge in [-0.05, 0) is 11.1 Å². The van der Waals surface area contributed by atoms with Crippen molar-refractivity contribution in [2.45, 2.75) is 31.7 Å². The van der Waals surface area contributed by atoms with Crippen LogP contribution in [0.2, 0.25) is 0 Å². The van der Waals surface area contributed by atoms with Gasteiger partial charge in [-0.25, -0.2) is 14.8 Å². The lowest BCUT2D eigenvalue weighted by Crippen LogP contribution is -2.76. The molecule has 0 saturated carbocycles. The van der Waals surface area contributed by atoms with Gasteiger partial charge in [0.25, 0.3) is 0 Å². The highest BCUT2D eigenvalue weighted by Crippen LogP contribution is 2.28. The topological polar surface area (TPSA) is 114 Å². The number of carboxylic acid groups (broad SMARTS) is 1. The summed E-state index contributed by atoms with van der Waals surface area (Å²) < 4.78 is 0. The normalized spacial score (nSPS) is 20.5. The third-order valence-corrected chi connectivity index (χ3v) is 6.26. The Labute approximate surface area is 204 Å². The second-order valence-electron chi connectivity index (χ2n) is 8.91. The molecule has 2 aromatic carbocycles. The highest BCUT2D eigenvalue weighted by Gasteiger charge is 2.51. The number of carboxylic acids is 1. The highest BCUT2D eigenvalue weighted by molar-refractivity contribution is 6.32. The molecule has 11 heteroatoms. The Bertz CT molecular complexity index is 1130. The fraction of sp³-hybridized carbons (Fsp3) is 0.333. The lowest BCUT2D eigenvalue weighted by atomic mass is 9.94. The molecule has 182 valence electrons. The van der Waals surface area contributed by atoms with E-state index in [1.54, 1.807) is 7.05 Å². The number of benzene rings is 2. The van der Waals surface area contributed by atoms with E-state index < -0.39 is 36.5 Å². The molecule has 2 N–H and O–H groups in total. The molecule has 0 aromatic heterocycles. The van der Waals surface area contributed by atoms with Crippen molar-refractivity contribution in [3.05, 3.63) is 65.7 Å². The van der Waals surface area contributed by atoms with E-state index in [0.29, 0.717) is 0 Å². The summed E-state index contributed by atoms with van der Waals surface area (Å²) in [5.74, 6) is -2.02. The Morgan fingerprint density at radius 1 is 1.09 bits per heavy atom. The minimum absolute atomic E-state index is 0.0672. The molecule has 35 heavy (non-hydrogen) atoms. The van der Waals surface area contributed by atoms with Crippen LogP contribution in [-0.2, 0) is 27.5 Å². The van der Waals surface area contributed by atoms with Gasteiger partial charge in [0, 0.05) is 20.1 Å². The SMILES string of the molecule is Bc1cccc(CN2C[C@H]3N(C(=O)CN(C)N3C(=O)NCc3ccccc3)[C@@H](CC(=O)O)C2=O)c1. The molecule has 10 nitrogen and oxygen atoms in total. The van der Waals surface area contributed by atoms with Gasteiger partial charge in [-0.2, -0.15) is 0 Å². The highest BCUT2D eigenvalue weighted by atomic mass is 16.4. The smallest absolute Gasteiger partial charge is 0.334 e. The standard InChI is InChI=1S/C24H28BN5O5/c1-27-15-21(31)29-19(11-22(32)33)23(34)28(13-17-8-5-9-18(25)10-17)14-20(29)30(27)24(35)26-12-16-6-3-2-4-7-16/h2-10,19-20H,11-15,25H2,1H3,(H,26,35)(H,32,33)/t19-,20-/m0/s1. The van der Waals surface area contributed by atoms with Crippen LogP contribution in [0.5, 0.6) is 0 Å². The predicted molar refractivity (Wildman–Crippen MR) is 130 cm³/mol. The first-order valence-electron chi connectivity index (χ1n) is 11.4. The number of piperazine rings is 1. The second kappa shape index (κ2) is 10.2. The lowest BCUT2D eigenvalue weighted by Gasteiger charge is -2.54. The molecule has 4 rings (SSSR count). The molecule has 0 bridgehead atoms. The maximum Gasteiger partial charge on any atom is 0.334 e. The van der Waals surface area contributed by atoms with Crippen molar-refractivity contribution in [3.63, 3.8) is 0 Å². The fourth-order valence-electron chi connectivity index (χ4n) is 4.70. The van der Waals surface area contributed by atoms with Gasteiger partial charge >= 0.3 is 12.0 Å². The number of fused-ring (bicyclic) bond motifs is 1. The Kier molecular flexibility index (Phi) is 7.06. The van der Waals surface area contributed by atoms with Gasteiger partial charge in [0.15, 0.2) is 0 Å². The van der Waals surface area contributed by atoms with Crippen LogP contribution < -0.4 is 10.8 Å². The number of carbonyl (C=O) groups excluding carboxylic acids is 3. The van der Waals surface area contributed by atoms with E-state index in [4.69, 9.17) is 0 Å². The number of carbonyl (C=O) groups is 4. The van der Waals surface area contributed by atoms with Gasteiger partial charge in [0.05, 0.1) is 19.5 Å². The number of amides is 4. The van der Waals surface area contributed by atoms with E-state index in [1.807, 2.05) is 62.4 Å². The largest absolute Gasteiger partial charge is 0.481 e. The molecule has 2 aliphatic rings. The first-order valence-corrected chi connectivity index (χ1v) is 11.4. The Hall–Kier alpha value is -3.86. The third kappa shape index (κ3) is 5.30. The number of aliphatic carboxylic acids is 1. The number of hydrogen-bond donors (Lipinski definition) is 2. The van der Waals surface area contributed by atoms with Crippen molar-refractivity contribution >= 4 is 37.1 Å². The number of nitrogens with zero attached hydrogens (tertiary/aromatic N) is 4. The van der Waals surface area contributed by atoms with Crippen LogP contribution in [0.15, 0.2) is 54.6 Å². The molecule has 0 radical (unpaired) electrons. The van der Waals surface area contributed by atoms with E-state index in [-0.39, 0.29) is 32.1 Å². The summed E-state index contributed by atoms with van der Waals surface area (Å²) in [6, 6.07) is 15.5. The van der Waals surface area contributed by atoms with Gasteiger partial charge in [0.2, 0.25) is 11.8 Å². The summed E-state index contributed by atoms with van der Waals surface area (Å²) in [7, 11) is 3.58. The molecular formula is C24H28BN5O5. The van der Waals surface area contributed by atoms with Gasteiger partial charge in [-0.15, -0.1) is 0 Å². The average molecular weight is 477 g/mol. The van der Waals surface area contributed by atoms with Gasteiger partial charge in [-0.3, -0.25) is 14.4 Å². The third-order valence-electron chi connectivity index (χ3n) is 6.26. The number of urea groups is 1. The summed E-state index contributed by atoms with van der Waals surface area (Å²) in [6.45, 7) is 0.460. The molecule has 2 atom stereocenters. The van der Waals surface area contributed by atoms with Crippen LogP contribution in [0, 0.1) is 0 Å². The fourth-order valence-corrected chi connectivity index (χ4v) is 4.70. The number of hydrazine groups is 1. The number of nitrogens with one attached hydrogen (secondary N) is 1. The summed E-state index contributed by atoms with van der Waals surface area (Å²) >= 11 is 0. The molecule has 0 unspecified atom stereocenters. The number of likely N-dealkylation sites (N-methyl/N-ethyl adjacent to an activating group) is 1. The van der Waals surface area contributed by atoms with Crippen molar-refractivity contribution in [2.75, 3.05) is 20.1 Å². The van der Waals surface area contributed by atoms with E-state index in [0.717, 1.165) is 16.6 Å². The Morgan fingerprint density at radius 2 is 1.80 bits per heavy atom. The minimum atomic E-state index is -1.19. The number of rotatable bonds is 6. The number of hydrogen-bond acceptors (Lipinski definition) is 5. The van der Waals surface area contributed by atoms with E-state index >= 15 is 0 Å². The zero-order valence-corrected chi connectivity index (χ0v) is 19.8. The quantitative estimate of drug-likeness (QED) is 0.536. The predicted octanol–water partition coefficient (Wildman–Crippen LogP) is -0.643. The van der Waals surface area contributed by atoms with Crippen LogP contribution in [0.1, 0.15) is 17.5 Å². The molecule has 2 saturated heterocycles. The minimum Gasteiger partial charge on any atom is -0.481 e. The van der Waals surface area contributed by atoms with E-state index in [9.17, 15) is 24.3 Å². The second-order valence-corrected chi connectivity index (χ2v) is 8.91. The monoisotopic (exact) mass is 477 g/mol. The van der Waals surface area contributed by atoms with Crippen LogP contribution in [0.25, 0.3) is 0 Å². The maximum absolute atomic E-state index is 13.4. The van der Waals surface area contributed by atoms with Crippen molar-refractivity contribution in [3.8, 4) is 0 Å². The van der Waals surface area contributed by atoms with Crippen LogP contribution in [0.3, 0.4) is 0 Å². The zero-order chi connectivity index (χ0) is 25.1. The summed E-state index contributed by atoms with van der Waals surface area (Å²) in [5, 5.41) is 15.3. The van der Waals surface area contributed by atoms with Crippen molar-refractivity contribution in [2.24, 2.45) is 0 Å². The van der Waals surface area contributed by atoms with Crippen LogP contribution in [-0.4, -0.2) is 88.9 Å². The summed E-state index contributed by atoms with van der Waals surface area (Å²) in [4.78, 5) is 54.1. The molecule has 2 heterocycles. The Morgan fingerprint density at radius 3 is 2.49 bits per heavy atom. The summed E-state index contributed by atoms with van der Waals surface area (Å²) in [5.41, 5.74) is 2.83. The van der Waals surface area contributed by atoms with Gasteiger partial charge in [0.1, 0.15) is 20.1 Å². The van der Waals surface area contributed by atoms with E-state index in [1.165, 1.54) is 19.8 Å². The first-order chi connectivity index (χ1) is 16.7. The summed E-state index contributed by atoms with van der Waals surface area (Å²) in [6.07, 6.45) is -1.36. The average Bonchev–Trinajstić information content (AvgIpc) is 2.80. The van der Waals surface area contributed by atoms with Crippen LogP contribution in [0.4, 0.5) is 4.79 Å². The molecule has 2 aromatic rings. The zero-order valence-electron chi connectivity index (χ0n) is 19.8. The maximum atomic E-state index is 13.4. The lowest BCUT2D eigenvalue weighted by molar-refractivity contribution is -0.189. The van der Waals surface area contributed by atoms with E-state index in [2.05, 4.69) is 5.32 Å².